The van der Waals surface area contributed by atoms with Gasteiger partial charge >= 0.3 is 0 Å². The minimum atomic E-state index is -0.0183. The average Bonchev–Trinajstić information content (AvgIpc) is 2.40. The van der Waals surface area contributed by atoms with Gasteiger partial charge in [0.05, 0.1) is 11.2 Å². The van der Waals surface area contributed by atoms with Crippen molar-refractivity contribution in [2.24, 2.45) is 0 Å². The molecule has 0 saturated heterocycles. The zero-order valence-electron chi connectivity index (χ0n) is 9.60. The third-order valence-electron chi connectivity index (χ3n) is 2.59. The number of nitrogens with zero attached hydrogens (tertiary/aromatic N) is 2. The zero-order chi connectivity index (χ0) is 13.0. The fraction of sp³-hybridized carbons (Fsp3) is 0.143. The number of hydrogen-bond acceptors (Lipinski definition) is 3. The predicted molar refractivity (Wildman–Crippen MR) is 72.2 cm³/mol. The summed E-state index contributed by atoms with van der Waals surface area (Å²) in [6, 6.07) is 13.2. The molecule has 1 heterocycles. The molecule has 0 spiro atoms. The smallest absolute Gasteiger partial charge is 0.115 e. The maximum Gasteiger partial charge on any atom is 0.115 e. The van der Waals surface area contributed by atoms with Crippen LogP contribution in [0.5, 0.6) is 0 Å². The third kappa shape index (κ3) is 2.44. The predicted octanol–water partition coefficient (Wildman–Crippen LogP) is 3.66. The Morgan fingerprint density at radius 1 is 1.28 bits per heavy atom. The van der Waals surface area contributed by atoms with E-state index in [-0.39, 0.29) is 23.6 Å². The summed E-state index contributed by atoms with van der Waals surface area (Å²) in [7, 11) is 0. The lowest BCUT2D eigenvalue weighted by molar-refractivity contribution is 0.399. The van der Waals surface area contributed by atoms with Gasteiger partial charge in [-0.2, -0.15) is 5.26 Å². The average molecular weight is 259 g/mol. The molecule has 4 heteroatoms. The summed E-state index contributed by atoms with van der Waals surface area (Å²) in [6.07, 6.45) is 0.263. The van der Waals surface area contributed by atoms with E-state index >= 15 is 0 Å². The van der Waals surface area contributed by atoms with Crippen molar-refractivity contribution in [3.05, 3.63) is 47.9 Å². The van der Waals surface area contributed by atoms with Crippen molar-refractivity contribution in [2.45, 2.75) is 6.42 Å². The molecular weight excluding hydrogens is 248 g/mol. The SMILES string of the molecule is N#CC(=C(O)CCCl)c1ccc2ccccc2n1. The fourth-order valence-electron chi connectivity index (χ4n) is 1.69. The second-order valence-electron chi connectivity index (χ2n) is 3.76. The third-order valence-corrected chi connectivity index (χ3v) is 2.78. The molecule has 0 bridgehead atoms. The van der Waals surface area contributed by atoms with Crippen LogP contribution in [0.25, 0.3) is 16.5 Å². The number of aliphatic hydroxyl groups is 1. The highest BCUT2D eigenvalue weighted by atomic mass is 35.5. The number of nitriles is 1. The maximum atomic E-state index is 9.77. The number of para-hydroxylation sites is 1. The van der Waals surface area contributed by atoms with Crippen molar-refractivity contribution in [3.8, 4) is 6.07 Å². The van der Waals surface area contributed by atoms with Crippen LogP contribution >= 0.6 is 11.6 Å². The molecular formula is C14H11ClN2O. The first-order chi connectivity index (χ1) is 8.76. The van der Waals surface area contributed by atoms with E-state index in [1.165, 1.54) is 0 Å². The number of aromatic nitrogens is 1. The van der Waals surface area contributed by atoms with Crippen molar-refractivity contribution < 1.29 is 5.11 Å². The molecule has 1 aromatic carbocycles. The Morgan fingerprint density at radius 3 is 2.78 bits per heavy atom. The Kier molecular flexibility index (Phi) is 3.81. The highest BCUT2D eigenvalue weighted by Gasteiger charge is 2.09. The van der Waals surface area contributed by atoms with E-state index < -0.39 is 0 Å². The Hall–Kier alpha value is -2.05. The van der Waals surface area contributed by atoms with E-state index in [4.69, 9.17) is 16.9 Å². The fourth-order valence-corrected chi connectivity index (χ4v) is 1.87. The molecule has 0 radical (unpaired) electrons. The first-order valence-electron chi connectivity index (χ1n) is 5.50. The Labute approximate surface area is 110 Å². The van der Waals surface area contributed by atoms with Crippen LogP contribution in [0.4, 0.5) is 0 Å². The number of rotatable bonds is 3. The summed E-state index contributed by atoms with van der Waals surface area (Å²) in [4.78, 5) is 4.37. The number of aliphatic hydroxyl groups excluding tert-OH is 1. The van der Waals surface area contributed by atoms with Gasteiger partial charge in [0, 0.05) is 17.7 Å². The highest BCUT2D eigenvalue weighted by molar-refractivity contribution is 6.18. The molecule has 0 aliphatic carbocycles. The standard InChI is InChI=1S/C14H11ClN2O/c15-8-7-14(18)11(9-16)13-6-5-10-3-1-2-4-12(10)17-13/h1-6,18H,7-8H2. The van der Waals surface area contributed by atoms with Crippen molar-refractivity contribution in [1.82, 2.24) is 4.98 Å². The molecule has 0 amide bonds. The largest absolute Gasteiger partial charge is 0.511 e. The zero-order valence-corrected chi connectivity index (χ0v) is 10.4. The molecule has 0 unspecified atom stereocenters. The van der Waals surface area contributed by atoms with Crippen molar-refractivity contribution >= 4 is 28.1 Å². The Morgan fingerprint density at radius 2 is 2.06 bits per heavy atom. The van der Waals surface area contributed by atoms with Crippen molar-refractivity contribution in [2.75, 3.05) is 5.88 Å². The molecule has 1 N–H and O–H groups in total. The lowest BCUT2D eigenvalue weighted by Gasteiger charge is -2.04. The quantitative estimate of drug-likeness (QED) is 0.519. The molecule has 2 rings (SSSR count). The van der Waals surface area contributed by atoms with Gasteiger partial charge in [0.25, 0.3) is 0 Å². The molecule has 0 saturated carbocycles. The normalized spacial score (nSPS) is 12.0. The molecule has 90 valence electrons. The lowest BCUT2D eigenvalue weighted by atomic mass is 10.1. The number of benzene rings is 1. The van der Waals surface area contributed by atoms with Gasteiger partial charge in [-0.15, -0.1) is 11.6 Å². The lowest BCUT2D eigenvalue weighted by Crippen LogP contribution is -1.94. The summed E-state index contributed by atoms with van der Waals surface area (Å²) in [5.74, 6) is 0.250. The minimum absolute atomic E-state index is 0.0183. The van der Waals surface area contributed by atoms with Crippen molar-refractivity contribution in [1.29, 1.82) is 5.26 Å². The molecule has 2 aromatic rings. The van der Waals surface area contributed by atoms with Crippen LogP contribution in [0.1, 0.15) is 12.1 Å². The van der Waals surface area contributed by atoms with Crippen LogP contribution in [0.2, 0.25) is 0 Å². The minimum Gasteiger partial charge on any atom is -0.511 e. The number of alkyl halides is 1. The van der Waals surface area contributed by atoms with Gasteiger partial charge in [-0.3, -0.25) is 0 Å². The first kappa shape index (κ1) is 12.4. The van der Waals surface area contributed by atoms with Gasteiger partial charge in [0.2, 0.25) is 0 Å². The molecule has 0 fully saturated rings. The molecule has 0 atom stereocenters. The van der Waals surface area contributed by atoms with Crippen LogP contribution in [-0.2, 0) is 0 Å². The summed E-state index contributed by atoms with van der Waals surface area (Å²) < 4.78 is 0. The van der Waals surface area contributed by atoms with Crippen LogP contribution in [0.15, 0.2) is 42.2 Å². The van der Waals surface area contributed by atoms with Crippen LogP contribution in [0, 0.1) is 11.3 Å². The van der Waals surface area contributed by atoms with Crippen LogP contribution in [0.3, 0.4) is 0 Å². The number of hydrogen-bond donors (Lipinski definition) is 1. The number of fused-ring (bicyclic) bond motifs is 1. The summed E-state index contributed by atoms with van der Waals surface area (Å²) >= 11 is 5.56. The second-order valence-corrected chi connectivity index (χ2v) is 4.14. The van der Waals surface area contributed by atoms with Gasteiger partial charge in [0.15, 0.2) is 0 Å². The van der Waals surface area contributed by atoms with E-state index in [2.05, 4.69) is 4.98 Å². The van der Waals surface area contributed by atoms with Gasteiger partial charge < -0.3 is 5.11 Å². The van der Waals surface area contributed by atoms with Gasteiger partial charge in [-0.05, 0) is 12.1 Å². The molecule has 0 aliphatic rings. The van der Waals surface area contributed by atoms with Crippen LogP contribution in [-0.4, -0.2) is 16.0 Å². The topological polar surface area (TPSA) is 56.9 Å². The molecule has 0 aliphatic heterocycles. The molecule has 18 heavy (non-hydrogen) atoms. The second kappa shape index (κ2) is 5.52. The van der Waals surface area contributed by atoms with Gasteiger partial charge in [-0.25, -0.2) is 4.98 Å². The molecule has 1 aromatic heterocycles. The highest BCUT2D eigenvalue weighted by Crippen LogP contribution is 2.20. The van der Waals surface area contributed by atoms with Gasteiger partial charge in [-0.1, -0.05) is 24.3 Å². The number of halogens is 1. The van der Waals surface area contributed by atoms with E-state index in [9.17, 15) is 5.11 Å². The summed E-state index contributed by atoms with van der Waals surface area (Å²) in [5, 5.41) is 19.9. The Balaban J connectivity index is 2.53. The van der Waals surface area contributed by atoms with Crippen molar-refractivity contribution in [3.63, 3.8) is 0 Å². The van der Waals surface area contributed by atoms with E-state index in [1.54, 1.807) is 6.07 Å². The first-order valence-corrected chi connectivity index (χ1v) is 6.04. The van der Waals surface area contributed by atoms with E-state index in [0.717, 1.165) is 10.9 Å². The number of pyridine rings is 1. The van der Waals surface area contributed by atoms with Gasteiger partial charge in [0.1, 0.15) is 17.4 Å². The molecule has 3 nitrogen and oxygen atoms in total. The summed E-state index contributed by atoms with van der Waals surface area (Å²) in [6.45, 7) is 0. The van der Waals surface area contributed by atoms with E-state index in [1.807, 2.05) is 36.4 Å². The monoisotopic (exact) mass is 258 g/mol. The maximum absolute atomic E-state index is 9.77. The number of allylic oxidation sites excluding steroid dienone is 2. The van der Waals surface area contributed by atoms with Crippen LogP contribution < -0.4 is 0 Å². The Bertz CT molecular complexity index is 644. The summed E-state index contributed by atoms with van der Waals surface area (Å²) in [5.41, 5.74) is 1.45. The van der Waals surface area contributed by atoms with E-state index in [0.29, 0.717) is 5.69 Å².